The van der Waals surface area contributed by atoms with Gasteiger partial charge in [-0.3, -0.25) is 9.98 Å². The zero-order valence-corrected chi connectivity index (χ0v) is 22.8. The van der Waals surface area contributed by atoms with Crippen LogP contribution in [0.5, 0.6) is 0 Å². The number of nitrogen functional groups attached to an aromatic ring is 2. The molecule has 1 aromatic heterocycles. The fourth-order valence-corrected chi connectivity index (χ4v) is 6.50. The van der Waals surface area contributed by atoms with Crippen molar-refractivity contribution in [1.29, 1.82) is 0 Å². The Morgan fingerprint density at radius 2 is 0.941 bits per heavy atom. The molecule has 8 N–H and O–H groups in total. The molecule has 1 heterocycles. The molecule has 0 aliphatic heterocycles. The predicted molar refractivity (Wildman–Crippen MR) is 134 cm³/mol. The quantitative estimate of drug-likeness (QED) is 0.0952. The second kappa shape index (κ2) is 14.3. The molecule has 1 rings (SSSR count). The zero-order chi connectivity index (χ0) is 25.8. The summed E-state index contributed by atoms with van der Waals surface area (Å²) in [6, 6.07) is 1.15. The molecule has 0 aliphatic rings. The van der Waals surface area contributed by atoms with E-state index in [1.165, 1.54) is 0 Å². The molecule has 0 spiro atoms. The Kier molecular flexibility index (Phi) is 12.5. The highest BCUT2D eigenvalue weighted by Crippen LogP contribution is 2.17. The van der Waals surface area contributed by atoms with Crippen LogP contribution < -0.4 is 22.9 Å². The molecule has 0 bridgehead atoms. The minimum atomic E-state index is -2.67. The van der Waals surface area contributed by atoms with Gasteiger partial charge in [0.1, 0.15) is 23.1 Å². The van der Waals surface area contributed by atoms with Crippen LogP contribution in [-0.2, 0) is 26.6 Å². The van der Waals surface area contributed by atoms with Gasteiger partial charge in [-0.2, -0.15) is 0 Å². The molecule has 194 valence electrons. The van der Waals surface area contributed by atoms with Gasteiger partial charge in [0.25, 0.3) is 0 Å². The first kappa shape index (κ1) is 29.8. The fourth-order valence-electron chi connectivity index (χ4n) is 3.09. The van der Waals surface area contributed by atoms with Crippen LogP contribution in [0.15, 0.2) is 9.98 Å². The largest absolute Gasteiger partial charge is 0.500 e. The Morgan fingerprint density at radius 1 is 0.647 bits per heavy atom. The Morgan fingerprint density at radius 3 is 1.21 bits per heavy atom. The van der Waals surface area contributed by atoms with Gasteiger partial charge in [-0.1, -0.05) is 0 Å². The van der Waals surface area contributed by atoms with E-state index < -0.39 is 17.6 Å². The minimum absolute atomic E-state index is 0.0440. The molecular formula is C18H38N8O6Si2. The molecule has 0 saturated heterocycles. The number of aromatic nitrogens is 2. The Labute approximate surface area is 202 Å². The molecule has 0 amide bonds. The summed E-state index contributed by atoms with van der Waals surface area (Å²) in [6.45, 7) is 0.774. The number of nitrogens with zero attached hydrogens (tertiary/aromatic N) is 4. The third-order valence-electron chi connectivity index (χ3n) is 5.15. The average Bonchev–Trinajstić information content (AvgIpc) is 2.86. The number of anilines is 2. The van der Waals surface area contributed by atoms with Crippen molar-refractivity contribution in [2.45, 2.75) is 24.9 Å². The van der Waals surface area contributed by atoms with E-state index in [0.717, 1.165) is 0 Å². The van der Waals surface area contributed by atoms with Crippen molar-refractivity contribution in [2.75, 3.05) is 67.2 Å². The summed E-state index contributed by atoms with van der Waals surface area (Å²) >= 11 is 0. The summed E-state index contributed by atoms with van der Waals surface area (Å²) in [5.74, 6) is 0.307. The van der Waals surface area contributed by atoms with E-state index in [2.05, 4.69) is 20.0 Å². The summed E-state index contributed by atoms with van der Waals surface area (Å²) in [4.78, 5) is 17.1. The Balaban J connectivity index is 2.83. The minimum Gasteiger partial charge on any atom is -0.382 e. The fraction of sp³-hybridized carbons (Fsp3) is 0.667. The average molecular weight is 519 g/mol. The van der Waals surface area contributed by atoms with E-state index in [0.29, 0.717) is 38.0 Å². The molecule has 0 aliphatic carbocycles. The normalized spacial score (nSPS) is 13.5. The van der Waals surface area contributed by atoms with Crippen LogP contribution in [0.3, 0.4) is 0 Å². The van der Waals surface area contributed by atoms with Crippen molar-refractivity contribution in [3.63, 3.8) is 0 Å². The van der Waals surface area contributed by atoms with Gasteiger partial charge in [0, 0.05) is 67.8 Å². The maximum absolute atomic E-state index is 6.05. The van der Waals surface area contributed by atoms with Crippen LogP contribution in [0, 0.1) is 0 Å². The standard InChI is InChI=1S/C18H38N8O6Si2/c1-27-33(28-2,29-3)11-7-9-23-15(19)13-17(21)26-14(18(22)25-13)16(20)24-10-8-12-34(30-4,31-5)32-6/h7-12H2,1-6H3,(H2,19,23)(H2,20,24)(H2,22,25)(H2,21,26). The molecule has 0 aromatic carbocycles. The first-order valence-corrected chi connectivity index (χ1v) is 14.4. The lowest BCUT2D eigenvalue weighted by Gasteiger charge is -2.23. The second-order valence-corrected chi connectivity index (χ2v) is 13.2. The highest BCUT2D eigenvalue weighted by atomic mass is 28.4. The van der Waals surface area contributed by atoms with E-state index in [4.69, 9.17) is 49.5 Å². The summed E-state index contributed by atoms with van der Waals surface area (Å²) in [5, 5.41) is 0. The second-order valence-electron chi connectivity index (χ2n) is 7.02. The van der Waals surface area contributed by atoms with Crippen LogP contribution in [0.25, 0.3) is 0 Å². The van der Waals surface area contributed by atoms with Gasteiger partial charge in [0.15, 0.2) is 11.6 Å². The summed E-state index contributed by atoms with van der Waals surface area (Å²) in [7, 11) is 4.00. The van der Waals surface area contributed by atoms with Crippen LogP contribution in [-0.4, -0.2) is 95.0 Å². The van der Waals surface area contributed by atoms with E-state index in [1.807, 2.05) is 0 Å². The number of nitrogens with two attached hydrogens (primary N) is 4. The Bertz CT molecular complexity index is 753. The first-order valence-electron chi connectivity index (χ1n) is 10.5. The first-order chi connectivity index (χ1) is 16.2. The van der Waals surface area contributed by atoms with Gasteiger partial charge < -0.3 is 49.5 Å². The number of rotatable bonds is 16. The number of hydrogen-bond donors (Lipinski definition) is 4. The SMILES string of the molecule is CO[Si](CCCN=C(N)c1nc(N)c(C(N)=NCCC[Si](OC)(OC)OC)nc1N)(OC)OC. The molecule has 0 saturated carbocycles. The van der Waals surface area contributed by atoms with Crippen LogP contribution >= 0.6 is 0 Å². The van der Waals surface area contributed by atoms with Gasteiger partial charge in [0.2, 0.25) is 0 Å². The molecule has 0 radical (unpaired) electrons. The van der Waals surface area contributed by atoms with Crippen molar-refractivity contribution in [3.05, 3.63) is 11.4 Å². The van der Waals surface area contributed by atoms with Crippen LogP contribution in [0.2, 0.25) is 12.1 Å². The lowest BCUT2D eigenvalue weighted by molar-refractivity contribution is 0.122. The molecule has 14 nitrogen and oxygen atoms in total. The van der Waals surface area contributed by atoms with E-state index >= 15 is 0 Å². The van der Waals surface area contributed by atoms with Crippen molar-refractivity contribution in [1.82, 2.24) is 9.97 Å². The molecular weight excluding hydrogens is 480 g/mol. The molecule has 34 heavy (non-hydrogen) atoms. The third kappa shape index (κ3) is 7.95. The van der Waals surface area contributed by atoms with Gasteiger partial charge in [0.05, 0.1) is 0 Å². The van der Waals surface area contributed by atoms with Crippen LogP contribution in [0.1, 0.15) is 24.2 Å². The maximum atomic E-state index is 6.05. The molecule has 0 unspecified atom stereocenters. The number of hydrogen-bond acceptors (Lipinski definition) is 12. The zero-order valence-electron chi connectivity index (χ0n) is 20.8. The molecule has 1 aromatic rings. The van der Waals surface area contributed by atoms with Gasteiger partial charge in [-0.05, 0) is 12.8 Å². The molecule has 16 heteroatoms. The number of amidine groups is 2. The summed E-state index contributed by atoms with van der Waals surface area (Å²) in [6.07, 6.45) is 1.25. The van der Waals surface area contributed by atoms with Crippen LogP contribution in [0.4, 0.5) is 11.6 Å². The highest BCUT2D eigenvalue weighted by Gasteiger charge is 2.37. The van der Waals surface area contributed by atoms with Gasteiger partial charge >= 0.3 is 17.6 Å². The predicted octanol–water partition coefficient (Wildman–Crippen LogP) is -0.412. The maximum Gasteiger partial charge on any atom is 0.500 e. The van der Waals surface area contributed by atoms with Crippen molar-refractivity contribution in [2.24, 2.45) is 21.5 Å². The highest BCUT2D eigenvalue weighted by molar-refractivity contribution is 6.60. The summed E-state index contributed by atoms with van der Waals surface area (Å²) in [5.41, 5.74) is 24.5. The smallest absolute Gasteiger partial charge is 0.382 e. The van der Waals surface area contributed by atoms with Gasteiger partial charge in [-0.15, -0.1) is 0 Å². The van der Waals surface area contributed by atoms with Gasteiger partial charge in [-0.25, -0.2) is 9.97 Å². The summed E-state index contributed by atoms with van der Waals surface area (Å²) < 4.78 is 32.3. The monoisotopic (exact) mass is 518 g/mol. The van der Waals surface area contributed by atoms with Crippen molar-refractivity contribution < 1.29 is 26.6 Å². The topological polar surface area (TPSA) is 210 Å². The third-order valence-corrected chi connectivity index (χ3v) is 10.8. The van der Waals surface area contributed by atoms with Crippen molar-refractivity contribution in [3.8, 4) is 0 Å². The van der Waals surface area contributed by atoms with Crippen molar-refractivity contribution >= 4 is 40.9 Å². The molecule has 0 fully saturated rings. The van der Waals surface area contributed by atoms with E-state index in [1.54, 1.807) is 42.7 Å². The number of aliphatic imine (C=N–C) groups is 2. The van der Waals surface area contributed by atoms with E-state index in [9.17, 15) is 0 Å². The van der Waals surface area contributed by atoms with E-state index in [-0.39, 0.29) is 34.7 Å². The lowest BCUT2D eigenvalue weighted by Crippen LogP contribution is -2.42. The lowest BCUT2D eigenvalue weighted by atomic mass is 10.3. The molecule has 0 atom stereocenters. The Hall–Kier alpha value is -2.19.